The molecular weight excluding hydrogens is 269 g/mol. The Morgan fingerprint density at radius 3 is 2.76 bits per heavy atom. The van der Waals surface area contributed by atoms with E-state index in [4.69, 9.17) is 9.15 Å². The maximum absolute atomic E-state index is 13.8. The summed E-state index contributed by atoms with van der Waals surface area (Å²) in [4.78, 5) is 0. The van der Waals surface area contributed by atoms with Gasteiger partial charge in [-0.15, -0.1) is 0 Å². The van der Waals surface area contributed by atoms with Gasteiger partial charge in [-0.25, -0.2) is 4.39 Å². The Balaban J connectivity index is 2.00. The fraction of sp³-hybridized carbons (Fsp3) is 0.412. The standard InChI is InChI=1S/C17H22FNO2/c1-11(2)19-9-14-8-15(21-13(14)4)10-20-16-7-5-6-12(3)17(16)18/h5-8,11,19H,9-10H2,1-4H3. The minimum absolute atomic E-state index is 0.225. The molecular formula is C17H22FNO2. The molecule has 0 radical (unpaired) electrons. The minimum atomic E-state index is -0.317. The SMILES string of the molecule is Cc1cccc(OCc2cc(CNC(C)C)c(C)o2)c1F. The van der Waals surface area contributed by atoms with Crippen LogP contribution in [-0.4, -0.2) is 6.04 Å². The summed E-state index contributed by atoms with van der Waals surface area (Å²) in [5.41, 5.74) is 1.68. The van der Waals surface area contributed by atoms with Gasteiger partial charge in [0.15, 0.2) is 11.6 Å². The van der Waals surface area contributed by atoms with Crippen molar-refractivity contribution in [3.05, 3.63) is 52.7 Å². The molecule has 2 aromatic rings. The zero-order valence-corrected chi connectivity index (χ0v) is 13.0. The second-order valence-corrected chi connectivity index (χ2v) is 5.51. The molecule has 0 fully saturated rings. The van der Waals surface area contributed by atoms with Crippen LogP contribution in [0.3, 0.4) is 0 Å². The highest BCUT2D eigenvalue weighted by Gasteiger charge is 2.10. The van der Waals surface area contributed by atoms with Gasteiger partial charge < -0.3 is 14.5 Å². The molecule has 0 spiro atoms. The van der Waals surface area contributed by atoms with Crippen molar-refractivity contribution in [3.8, 4) is 5.75 Å². The molecule has 0 saturated carbocycles. The third-order valence-electron chi connectivity index (χ3n) is 3.30. The van der Waals surface area contributed by atoms with Gasteiger partial charge in [-0.3, -0.25) is 0 Å². The lowest BCUT2D eigenvalue weighted by atomic mass is 10.2. The molecule has 0 saturated heterocycles. The normalized spacial score (nSPS) is 11.1. The Kier molecular flexibility index (Phi) is 5.02. The molecule has 1 aromatic heterocycles. The Morgan fingerprint density at radius 2 is 2.05 bits per heavy atom. The first-order valence-electron chi connectivity index (χ1n) is 7.17. The molecule has 1 heterocycles. The lowest BCUT2D eigenvalue weighted by Gasteiger charge is -2.06. The van der Waals surface area contributed by atoms with E-state index in [0.717, 1.165) is 17.9 Å². The van der Waals surface area contributed by atoms with Crippen LogP contribution < -0.4 is 10.1 Å². The van der Waals surface area contributed by atoms with Gasteiger partial charge in [0.1, 0.15) is 18.1 Å². The molecule has 0 amide bonds. The number of hydrogen-bond acceptors (Lipinski definition) is 3. The van der Waals surface area contributed by atoms with E-state index in [-0.39, 0.29) is 18.2 Å². The first-order valence-corrected chi connectivity index (χ1v) is 7.17. The van der Waals surface area contributed by atoms with Crippen molar-refractivity contribution in [1.29, 1.82) is 0 Å². The first kappa shape index (κ1) is 15.6. The summed E-state index contributed by atoms with van der Waals surface area (Å²) in [6.07, 6.45) is 0. The lowest BCUT2D eigenvalue weighted by Crippen LogP contribution is -2.21. The average Bonchev–Trinajstić information content (AvgIpc) is 2.78. The van der Waals surface area contributed by atoms with Gasteiger partial charge in [0.2, 0.25) is 0 Å². The van der Waals surface area contributed by atoms with E-state index in [2.05, 4.69) is 19.2 Å². The number of rotatable bonds is 6. The predicted molar refractivity (Wildman–Crippen MR) is 80.9 cm³/mol. The minimum Gasteiger partial charge on any atom is -0.483 e. The Labute approximate surface area is 125 Å². The Hall–Kier alpha value is -1.81. The molecule has 0 aliphatic rings. The number of benzene rings is 1. The molecule has 1 N–H and O–H groups in total. The van der Waals surface area contributed by atoms with Gasteiger partial charge in [-0.05, 0) is 31.5 Å². The zero-order chi connectivity index (χ0) is 15.4. The van der Waals surface area contributed by atoms with Crippen molar-refractivity contribution >= 4 is 0 Å². The van der Waals surface area contributed by atoms with Crippen LogP contribution in [0.15, 0.2) is 28.7 Å². The summed E-state index contributed by atoms with van der Waals surface area (Å²) < 4.78 is 25.0. The lowest BCUT2D eigenvalue weighted by molar-refractivity contribution is 0.256. The van der Waals surface area contributed by atoms with Crippen molar-refractivity contribution in [3.63, 3.8) is 0 Å². The highest BCUT2D eigenvalue weighted by atomic mass is 19.1. The third-order valence-corrected chi connectivity index (χ3v) is 3.30. The average molecular weight is 291 g/mol. The largest absolute Gasteiger partial charge is 0.483 e. The summed E-state index contributed by atoms with van der Waals surface area (Å²) in [6, 6.07) is 7.49. The van der Waals surface area contributed by atoms with Gasteiger partial charge in [0, 0.05) is 18.2 Å². The zero-order valence-electron chi connectivity index (χ0n) is 13.0. The van der Waals surface area contributed by atoms with E-state index in [0.29, 0.717) is 17.4 Å². The van der Waals surface area contributed by atoms with Crippen LogP contribution in [0.5, 0.6) is 5.75 Å². The molecule has 0 bridgehead atoms. The van der Waals surface area contributed by atoms with Gasteiger partial charge in [0.05, 0.1) is 0 Å². The van der Waals surface area contributed by atoms with E-state index >= 15 is 0 Å². The van der Waals surface area contributed by atoms with Crippen LogP contribution in [-0.2, 0) is 13.2 Å². The number of nitrogens with one attached hydrogen (secondary N) is 1. The van der Waals surface area contributed by atoms with Gasteiger partial charge in [-0.1, -0.05) is 26.0 Å². The summed E-state index contributed by atoms with van der Waals surface area (Å²) in [5, 5.41) is 3.35. The first-order chi connectivity index (χ1) is 9.97. The van der Waals surface area contributed by atoms with E-state index in [1.807, 2.05) is 13.0 Å². The van der Waals surface area contributed by atoms with E-state index < -0.39 is 0 Å². The number of hydrogen-bond donors (Lipinski definition) is 1. The van der Waals surface area contributed by atoms with E-state index in [1.165, 1.54) is 0 Å². The van der Waals surface area contributed by atoms with Gasteiger partial charge >= 0.3 is 0 Å². The second-order valence-electron chi connectivity index (χ2n) is 5.51. The maximum atomic E-state index is 13.8. The molecule has 1 aromatic carbocycles. The molecule has 21 heavy (non-hydrogen) atoms. The molecule has 4 heteroatoms. The summed E-state index contributed by atoms with van der Waals surface area (Å²) in [5.74, 6) is 1.51. The van der Waals surface area contributed by atoms with Crippen molar-refractivity contribution < 1.29 is 13.5 Å². The second kappa shape index (κ2) is 6.76. The fourth-order valence-electron chi connectivity index (χ4n) is 2.03. The molecule has 3 nitrogen and oxygen atoms in total. The van der Waals surface area contributed by atoms with Crippen LogP contribution in [0, 0.1) is 19.7 Å². The van der Waals surface area contributed by atoms with Crippen molar-refractivity contribution in [2.45, 2.75) is 46.9 Å². The van der Waals surface area contributed by atoms with Gasteiger partial charge in [-0.2, -0.15) is 0 Å². The monoisotopic (exact) mass is 291 g/mol. The van der Waals surface area contributed by atoms with Crippen molar-refractivity contribution in [1.82, 2.24) is 5.32 Å². The Bertz CT molecular complexity index is 605. The molecule has 0 atom stereocenters. The van der Waals surface area contributed by atoms with E-state index in [1.54, 1.807) is 25.1 Å². The number of halogens is 1. The highest BCUT2D eigenvalue weighted by molar-refractivity contribution is 5.30. The predicted octanol–water partition coefficient (Wildman–Crippen LogP) is 4.11. The van der Waals surface area contributed by atoms with Crippen LogP contribution in [0.25, 0.3) is 0 Å². The molecule has 2 rings (SSSR count). The quantitative estimate of drug-likeness (QED) is 0.869. The van der Waals surface area contributed by atoms with Crippen LogP contribution >= 0.6 is 0 Å². The van der Waals surface area contributed by atoms with Crippen LogP contribution in [0.4, 0.5) is 4.39 Å². The fourth-order valence-corrected chi connectivity index (χ4v) is 2.03. The number of furan rings is 1. The van der Waals surface area contributed by atoms with Crippen molar-refractivity contribution in [2.24, 2.45) is 0 Å². The molecule has 114 valence electrons. The third kappa shape index (κ3) is 4.08. The van der Waals surface area contributed by atoms with Crippen LogP contribution in [0.1, 0.15) is 36.5 Å². The smallest absolute Gasteiger partial charge is 0.167 e. The summed E-state index contributed by atoms with van der Waals surface area (Å²) in [6.45, 7) is 8.82. The van der Waals surface area contributed by atoms with Crippen LogP contribution in [0.2, 0.25) is 0 Å². The number of ether oxygens (including phenoxy) is 1. The highest BCUT2D eigenvalue weighted by Crippen LogP contribution is 2.22. The topological polar surface area (TPSA) is 34.4 Å². The van der Waals surface area contributed by atoms with Crippen molar-refractivity contribution in [2.75, 3.05) is 0 Å². The number of aryl methyl sites for hydroxylation is 2. The molecule has 0 aliphatic carbocycles. The maximum Gasteiger partial charge on any atom is 0.167 e. The summed E-state index contributed by atoms with van der Waals surface area (Å²) in [7, 11) is 0. The molecule has 0 unspecified atom stereocenters. The van der Waals surface area contributed by atoms with E-state index in [9.17, 15) is 4.39 Å². The summed E-state index contributed by atoms with van der Waals surface area (Å²) >= 11 is 0. The van der Waals surface area contributed by atoms with Gasteiger partial charge in [0.25, 0.3) is 0 Å². The Morgan fingerprint density at radius 1 is 1.29 bits per heavy atom. The molecule has 0 aliphatic heterocycles.